The van der Waals surface area contributed by atoms with Gasteiger partial charge in [-0.05, 0) is 44.7 Å². The fourth-order valence-corrected chi connectivity index (χ4v) is 3.79. The third kappa shape index (κ3) is 3.94. The van der Waals surface area contributed by atoms with Crippen LogP contribution < -0.4 is 0 Å². The largest absolute Gasteiger partial charge is 0.338 e. The van der Waals surface area contributed by atoms with Gasteiger partial charge in [-0.2, -0.15) is 0 Å². The first-order valence-electron chi connectivity index (χ1n) is 9.47. The number of hydrogen-bond donors (Lipinski definition) is 0. The van der Waals surface area contributed by atoms with Crippen molar-refractivity contribution < 1.29 is 4.79 Å². The van der Waals surface area contributed by atoms with E-state index in [1.807, 2.05) is 30.2 Å². The predicted molar refractivity (Wildman–Crippen MR) is 101 cm³/mol. The maximum absolute atomic E-state index is 13.0. The first-order chi connectivity index (χ1) is 12.1. The molecule has 1 aromatic heterocycles. The van der Waals surface area contributed by atoms with Crippen LogP contribution in [0.25, 0.3) is 0 Å². The summed E-state index contributed by atoms with van der Waals surface area (Å²) in [5, 5.41) is 0. The normalized spacial score (nSPS) is 17.7. The number of rotatable bonds is 5. The molecule has 0 bridgehead atoms. The minimum atomic E-state index is 0.161. The number of benzene rings is 1. The third-order valence-corrected chi connectivity index (χ3v) is 5.19. The number of aromatic nitrogens is 2. The third-order valence-electron chi connectivity index (χ3n) is 5.19. The van der Waals surface area contributed by atoms with Crippen LogP contribution in [0, 0.1) is 13.8 Å². The van der Waals surface area contributed by atoms with E-state index in [-0.39, 0.29) is 5.91 Å². The average molecular weight is 339 g/mol. The van der Waals surface area contributed by atoms with Gasteiger partial charge >= 0.3 is 0 Å². The summed E-state index contributed by atoms with van der Waals surface area (Å²) < 4.78 is 2.28. The number of likely N-dealkylation sites (tertiary alicyclic amines) is 1. The van der Waals surface area contributed by atoms with Crippen LogP contribution in [0.2, 0.25) is 0 Å². The number of amides is 1. The Labute approximate surface area is 150 Å². The van der Waals surface area contributed by atoms with Gasteiger partial charge in [-0.1, -0.05) is 31.0 Å². The number of carbonyl (C=O) groups is 1. The second-order valence-electron chi connectivity index (χ2n) is 7.24. The molecule has 1 aliphatic heterocycles. The highest BCUT2D eigenvalue weighted by Gasteiger charge is 2.28. The van der Waals surface area contributed by atoms with Gasteiger partial charge in [-0.3, -0.25) is 4.79 Å². The molecule has 2 heterocycles. The molecule has 25 heavy (non-hydrogen) atoms. The topological polar surface area (TPSA) is 38.1 Å². The molecule has 3 rings (SSSR count). The predicted octanol–water partition coefficient (Wildman–Crippen LogP) is 4.32. The van der Waals surface area contributed by atoms with E-state index >= 15 is 0 Å². The van der Waals surface area contributed by atoms with Crippen LogP contribution in [-0.2, 0) is 6.54 Å². The van der Waals surface area contributed by atoms with Gasteiger partial charge in [0.1, 0.15) is 5.82 Å². The van der Waals surface area contributed by atoms with Crippen LogP contribution in [0.5, 0.6) is 0 Å². The van der Waals surface area contributed by atoms with Crippen molar-refractivity contribution >= 4 is 5.91 Å². The number of hydrogen-bond acceptors (Lipinski definition) is 2. The van der Waals surface area contributed by atoms with Crippen molar-refractivity contribution in [1.82, 2.24) is 14.5 Å². The lowest BCUT2D eigenvalue weighted by atomic mass is 9.95. The van der Waals surface area contributed by atoms with Crippen molar-refractivity contribution in [3.8, 4) is 0 Å². The van der Waals surface area contributed by atoms with Gasteiger partial charge in [-0.25, -0.2) is 4.98 Å². The zero-order chi connectivity index (χ0) is 17.8. The van der Waals surface area contributed by atoms with Gasteiger partial charge in [0.05, 0.1) is 0 Å². The summed E-state index contributed by atoms with van der Waals surface area (Å²) >= 11 is 0. The molecule has 0 N–H and O–H groups in total. The van der Waals surface area contributed by atoms with Crippen molar-refractivity contribution in [3.63, 3.8) is 0 Å². The Morgan fingerprint density at radius 2 is 2.16 bits per heavy atom. The molecule has 1 atom stereocenters. The Morgan fingerprint density at radius 3 is 2.92 bits per heavy atom. The highest BCUT2D eigenvalue weighted by molar-refractivity contribution is 5.95. The first-order valence-corrected chi connectivity index (χ1v) is 9.47. The summed E-state index contributed by atoms with van der Waals surface area (Å²) in [6.07, 6.45) is 8.48. The van der Waals surface area contributed by atoms with Gasteiger partial charge < -0.3 is 9.47 Å². The number of imidazole rings is 1. The zero-order valence-electron chi connectivity index (χ0n) is 15.7. The van der Waals surface area contributed by atoms with Crippen LogP contribution in [0.15, 0.2) is 30.6 Å². The second kappa shape index (κ2) is 7.85. The van der Waals surface area contributed by atoms with Crippen molar-refractivity contribution in [2.45, 2.75) is 58.9 Å². The molecule has 4 nitrogen and oxygen atoms in total. The number of piperidine rings is 1. The molecule has 0 aliphatic carbocycles. The molecule has 1 aromatic carbocycles. The summed E-state index contributed by atoms with van der Waals surface area (Å²) in [6, 6.07) is 6.09. The van der Waals surface area contributed by atoms with Gasteiger partial charge in [0.2, 0.25) is 0 Å². The molecule has 134 valence electrons. The Bertz CT molecular complexity index is 734. The minimum absolute atomic E-state index is 0.161. The molecule has 1 aliphatic rings. The molecule has 0 saturated carbocycles. The fraction of sp³-hybridized carbons (Fsp3) is 0.524. The number of carbonyl (C=O) groups excluding carboxylic acids is 1. The SMILES string of the molecule is CCCCn1ccnc1C1CCCN(C(=O)c2ccc(C)cc2C)C1. The minimum Gasteiger partial charge on any atom is -0.338 e. The summed E-state index contributed by atoms with van der Waals surface area (Å²) in [5.74, 6) is 1.65. The van der Waals surface area contributed by atoms with E-state index in [2.05, 4.69) is 35.7 Å². The maximum Gasteiger partial charge on any atom is 0.254 e. The highest BCUT2D eigenvalue weighted by Crippen LogP contribution is 2.27. The van der Waals surface area contributed by atoms with Gasteiger partial charge in [-0.15, -0.1) is 0 Å². The first kappa shape index (κ1) is 17.7. The lowest BCUT2D eigenvalue weighted by Crippen LogP contribution is -2.40. The van der Waals surface area contributed by atoms with Crippen LogP contribution in [-0.4, -0.2) is 33.4 Å². The van der Waals surface area contributed by atoms with Crippen LogP contribution in [0.3, 0.4) is 0 Å². The van der Waals surface area contributed by atoms with E-state index in [4.69, 9.17) is 0 Å². The molecule has 4 heteroatoms. The van der Waals surface area contributed by atoms with E-state index in [1.54, 1.807) is 0 Å². The molecule has 2 aromatic rings. The summed E-state index contributed by atoms with van der Waals surface area (Å²) in [4.78, 5) is 19.6. The molecule has 0 radical (unpaired) electrons. The van der Waals surface area contributed by atoms with Crippen LogP contribution >= 0.6 is 0 Å². The molecule has 1 amide bonds. The average Bonchev–Trinajstić information content (AvgIpc) is 3.08. The Hall–Kier alpha value is -2.10. The van der Waals surface area contributed by atoms with Crippen molar-refractivity contribution in [2.75, 3.05) is 13.1 Å². The Kier molecular flexibility index (Phi) is 5.57. The van der Waals surface area contributed by atoms with Gasteiger partial charge in [0.25, 0.3) is 5.91 Å². The van der Waals surface area contributed by atoms with E-state index in [0.717, 1.165) is 49.4 Å². The molecule has 0 spiro atoms. The van der Waals surface area contributed by atoms with E-state index in [1.165, 1.54) is 18.4 Å². The monoisotopic (exact) mass is 339 g/mol. The van der Waals surface area contributed by atoms with Crippen LogP contribution in [0.1, 0.15) is 65.8 Å². The smallest absolute Gasteiger partial charge is 0.254 e. The second-order valence-corrected chi connectivity index (χ2v) is 7.24. The number of unbranched alkanes of at least 4 members (excludes halogenated alkanes) is 1. The summed E-state index contributed by atoms with van der Waals surface area (Å²) in [6.45, 7) is 8.94. The zero-order valence-corrected chi connectivity index (χ0v) is 15.7. The van der Waals surface area contributed by atoms with E-state index in [9.17, 15) is 4.79 Å². The molecular weight excluding hydrogens is 310 g/mol. The lowest BCUT2D eigenvalue weighted by Gasteiger charge is -2.33. The maximum atomic E-state index is 13.0. The van der Waals surface area contributed by atoms with E-state index in [0.29, 0.717) is 5.92 Å². The van der Waals surface area contributed by atoms with Gasteiger partial charge in [0, 0.05) is 43.5 Å². The standard InChI is InChI=1S/C21H29N3O/c1-4-5-11-23-13-10-22-20(23)18-7-6-12-24(15-18)21(25)19-9-8-16(2)14-17(19)3/h8-10,13-14,18H,4-7,11-12,15H2,1-3H3. The number of nitrogens with zero attached hydrogens (tertiary/aromatic N) is 3. The Morgan fingerprint density at radius 1 is 1.32 bits per heavy atom. The van der Waals surface area contributed by atoms with Gasteiger partial charge in [0.15, 0.2) is 0 Å². The molecular formula is C21H29N3O. The lowest BCUT2D eigenvalue weighted by molar-refractivity contribution is 0.0702. The number of aryl methyl sites for hydroxylation is 3. The van der Waals surface area contributed by atoms with E-state index < -0.39 is 0 Å². The van der Waals surface area contributed by atoms with Crippen molar-refractivity contribution in [2.24, 2.45) is 0 Å². The molecule has 1 unspecified atom stereocenters. The quantitative estimate of drug-likeness (QED) is 0.813. The summed E-state index contributed by atoms with van der Waals surface area (Å²) in [5.41, 5.74) is 3.10. The van der Waals surface area contributed by atoms with Crippen LogP contribution in [0.4, 0.5) is 0 Å². The Balaban J connectivity index is 1.75. The summed E-state index contributed by atoms with van der Waals surface area (Å²) in [7, 11) is 0. The van der Waals surface area contributed by atoms with Crippen molar-refractivity contribution in [3.05, 3.63) is 53.1 Å². The highest BCUT2D eigenvalue weighted by atomic mass is 16.2. The fourth-order valence-electron chi connectivity index (χ4n) is 3.79. The molecule has 1 saturated heterocycles. The molecule has 1 fully saturated rings. The van der Waals surface area contributed by atoms with Crippen molar-refractivity contribution in [1.29, 1.82) is 0 Å².